The van der Waals surface area contributed by atoms with E-state index >= 15 is 0 Å². The molecule has 116 valence electrons. The van der Waals surface area contributed by atoms with E-state index in [1.165, 1.54) is 11.3 Å². The first-order valence-corrected chi connectivity index (χ1v) is 7.93. The highest BCUT2D eigenvalue weighted by Gasteiger charge is 2.11. The van der Waals surface area contributed by atoms with Gasteiger partial charge in [-0.3, -0.25) is 14.6 Å². The van der Waals surface area contributed by atoms with E-state index in [0.717, 1.165) is 15.8 Å². The predicted molar refractivity (Wildman–Crippen MR) is 91.8 cm³/mol. The van der Waals surface area contributed by atoms with E-state index in [4.69, 9.17) is 0 Å². The molecular weight excluding hydrogens is 310 g/mol. The van der Waals surface area contributed by atoms with Crippen LogP contribution in [0.5, 0.6) is 0 Å². The van der Waals surface area contributed by atoms with Gasteiger partial charge in [0.1, 0.15) is 0 Å². The maximum absolute atomic E-state index is 12.0. The van der Waals surface area contributed by atoms with Gasteiger partial charge in [0.05, 0.1) is 22.6 Å². The van der Waals surface area contributed by atoms with Crippen LogP contribution in [-0.4, -0.2) is 23.3 Å². The number of rotatable bonds is 4. The number of nitrogens with one attached hydrogen (secondary N) is 2. The van der Waals surface area contributed by atoms with Crippen molar-refractivity contribution in [3.05, 3.63) is 58.4 Å². The smallest absolute Gasteiger partial charge is 0.261 e. The number of aryl methyl sites for hydroxylation is 1. The second-order valence-corrected chi connectivity index (χ2v) is 6.31. The van der Waals surface area contributed by atoms with Gasteiger partial charge < -0.3 is 10.6 Å². The number of hydrogen-bond acceptors (Lipinski definition) is 4. The largest absolute Gasteiger partial charge is 0.342 e. The van der Waals surface area contributed by atoms with E-state index in [9.17, 15) is 9.59 Å². The van der Waals surface area contributed by atoms with Crippen LogP contribution >= 0.6 is 11.3 Å². The summed E-state index contributed by atoms with van der Waals surface area (Å²) in [7, 11) is 0. The van der Waals surface area contributed by atoms with Crippen molar-refractivity contribution in [2.75, 3.05) is 11.9 Å². The number of benzene rings is 1. The number of fused-ring (bicyclic) bond motifs is 1. The molecule has 0 unspecified atom stereocenters. The van der Waals surface area contributed by atoms with Crippen LogP contribution in [0.3, 0.4) is 0 Å². The Hall–Kier alpha value is -2.73. The highest BCUT2D eigenvalue weighted by atomic mass is 32.1. The molecule has 3 aromatic rings. The molecule has 0 bridgehead atoms. The number of anilines is 1. The molecule has 1 aromatic carbocycles. The zero-order valence-electron chi connectivity index (χ0n) is 12.5. The van der Waals surface area contributed by atoms with Gasteiger partial charge in [-0.05, 0) is 31.2 Å². The standard InChI is InChI=1S/C17H15N3O2S/c1-11-7-8-14(23-11)17(22)19-10-15(21)20-13-6-2-4-12-5-3-9-18-16(12)13/h2-9H,10H2,1H3,(H,19,22)(H,20,21). The van der Waals surface area contributed by atoms with Crippen LogP contribution in [0.25, 0.3) is 10.9 Å². The first-order chi connectivity index (χ1) is 11.1. The quantitative estimate of drug-likeness (QED) is 0.775. The second kappa shape index (κ2) is 6.58. The number of amides is 2. The Morgan fingerprint density at radius 1 is 1.13 bits per heavy atom. The first-order valence-electron chi connectivity index (χ1n) is 7.12. The summed E-state index contributed by atoms with van der Waals surface area (Å²) < 4.78 is 0. The summed E-state index contributed by atoms with van der Waals surface area (Å²) in [6, 6.07) is 13.0. The van der Waals surface area contributed by atoms with Gasteiger partial charge in [-0.25, -0.2) is 0 Å². The van der Waals surface area contributed by atoms with Crippen molar-refractivity contribution in [2.45, 2.75) is 6.92 Å². The molecule has 0 spiro atoms. The number of hydrogen-bond donors (Lipinski definition) is 2. The van der Waals surface area contributed by atoms with Crippen LogP contribution in [0.15, 0.2) is 48.7 Å². The highest BCUT2D eigenvalue weighted by Crippen LogP contribution is 2.20. The van der Waals surface area contributed by atoms with Crippen molar-refractivity contribution in [1.29, 1.82) is 0 Å². The van der Waals surface area contributed by atoms with E-state index < -0.39 is 0 Å². The molecule has 0 aliphatic rings. The molecule has 0 aliphatic carbocycles. The van der Waals surface area contributed by atoms with Gasteiger partial charge in [-0.1, -0.05) is 18.2 Å². The molecule has 3 rings (SSSR count). The Labute approximate surface area is 137 Å². The van der Waals surface area contributed by atoms with Crippen molar-refractivity contribution in [2.24, 2.45) is 0 Å². The van der Waals surface area contributed by atoms with Crippen LogP contribution in [0.1, 0.15) is 14.5 Å². The Kier molecular flexibility index (Phi) is 4.34. The molecule has 0 aliphatic heterocycles. The number of thiophene rings is 1. The third-order valence-corrected chi connectivity index (χ3v) is 4.28. The molecule has 2 heterocycles. The van der Waals surface area contributed by atoms with Crippen LogP contribution in [0.4, 0.5) is 5.69 Å². The van der Waals surface area contributed by atoms with Crippen molar-refractivity contribution >= 4 is 39.7 Å². The van der Waals surface area contributed by atoms with Gasteiger partial charge in [0.15, 0.2) is 0 Å². The van der Waals surface area contributed by atoms with E-state index in [2.05, 4.69) is 15.6 Å². The fraction of sp³-hybridized carbons (Fsp3) is 0.118. The Balaban J connectivity index is 1.64. The highest BCUT2D eigenvalue weighted by molar-refractivity contribution is 7.13. The zero-order chi connectivity index (χ0) is 16.2. The summed E-state index contributed by atoms with van der Waals surface area (Å²) in [5.41, 5.74) is 1.36. The van der Waals surface area contributed by atoms with Crippen molar-refractivity contribution in [1.82, 2.24) is 10.3 Å². The SMILES string of the molecule is Cc1ccc(C(=O)NCC(=O)Nc2cccc3cccnc23)s1. The van der Waals surface area contributed by atoms with Gasteiger partial charge >= 0.3 is 0 Å². The summed E-state index contributed by atoms with van der Waals surface area (Å²) in [5.74, 6) is -0.529. The van der Waals surface area contributed by atoms with Crippen molar-refractivity contribution < 1.29 is 9.59 Å². The molecule has 2 amide bonds. The van der Waals surface area contributed by atoms with E-state index in [0.29, 0.717) is 10.6 Å². The fourth-order valence-corrected chi connectivity index (χ4v) is 2.99. The lowest BCUT2D eigenvalue weighted by atomic mass is 10.2. The Bertz CT molecular complexity index is 868. The van der Waals surface area contributed by atoms with Gasteiger partial charge in [0, 0.05) is 16.5 Å². The minimum Gasteiger partial charge on any atom is -0.342 e. The lowest BCUT2D eigenvalue weighted by molar-refractivity contribution is -0.115. The Morgan fingerprint density at radius 2 is 1.96 bits per heavy atom. The van der Waals surface area contributed by atoms with Crippen LogP contribution in [0.2, 0.25) is 0 Å². The number of para-hydroxylation sites is 1. The average Bonchev–Trinajstić information content (AvgIpc) is 2.99. The monoisotopic (exact) mass is 325 g/mol. The number of aromatic nitrogens is 1. The maximum atomic E-state index is 12.0. The second-order valence-electron chi connectivity index (χ2n) is 5.02. The number of carbonyl (C=O) groups is 2. The first kappa shape index (κ1) is 15.2. The van der Waals surface area contributed by atoms with E-state index in [-0.39, 0.29) is 18.4 Å². The number of nitrogens with zero attached hydrogens (tertiary/aromatic N) is 1. The van der Waals surface area contributed by atoms with Gasteiger partial charge in [-0.15, -0.1) is 11.3 Å². The fourth-order valence-electron chi connectivity index (χ4n) is 2.20. The van der Waals surface area contributed by atoms with E-state index in [1.807, 2.05) is 37.3 Å². The molecule has 23 heavy (non-hydrogen) atoms. The molecular formula is C17H15N3O2S. The summed E-state index contributed by atoms with van der Waals surface area (Å²) in [5, 5.41) is 6.35. The minimum atomic E-state index is -0.287. The maximum Gasteiger partial charge on any atom is 0.261 e. The molecule has 5 nitrogen and oxygen atoms in total. The number of pyridine rings is 1. The van der Waals surface area contributed by atoms with Gasteiger partial charge in [0.2, 0.25) is 5.91 Å². The van der Waals surface area contributed by atoms with Crippen molar-refractivity contribution in [3.8, 4) is 0 Å². The topological polar surface area (TPSA) is 71.1 Å². The van der Waals surface area contributed by atoms with Crippen molar-refractivity contribution in [3.63, 3.8) is 0 Å². The Morgan fingerprint density at radius 3 is 2.74 bits per heavy atom. The summed E-state index contributed by atoms with van der Waals surface area (Å²) in [6.07, 6.45) is 1.68. The lowest BCUT2D eigenvalue weighted by Gasteiger charge is -2.08. The molecule has 2 N–H and O–H groups in total. The van der Waals surface area contributed by atoms with Crippen LogP contribution < -0.4 is 10.6 Å². The molecule has 0 radical (unpaired) electrons. The van der Waals surface area contributed by atoms with E-state index in [1.54, 1.807) is 18.3 Å². The third kappa shape index (κ3) is 3.54. The van der Waals surface area contributed by atoms with Gasteiger partial charge in [-0.2, -0.15) is 0 Å². The van der Waals surface area contributed by atoms with Crippen LogP contribution in [0, 0.1) is 6.92 Å². The molecule has 6 heteroatoms. The summed E-state index contributed by atoms with van der Waals surface area (Å²) in [4.78, 5) is 29.9. The molecule has 0 atom stereocenters. The average molecular weight is 325 g/mol. The van der Waals surface area contributed by atoms with Gasteiger partial charge in [0.25, 0.3) is 5.91 Å². The number of carbonyl (C=O) groups excluding carboxylic acids is 2. The molecule has 2 aromatic heterocycles. The molecule has 0 saturated heterocycles. The third-order valence-electron chi connectivity index (χ3n) is 3.28. The summed E-state index contributed by atoms with van der Waals surface area (Å²) in [6.45, 7) is 1.85. The molecule has 0 saturated carbocycles. The lowest BCUT2D eigenvalue weighted by Crippen LogP contribution is -2.32. The normalized spacial score (nSPS) is 10.5. The predicted octanol–water partition coefficient (Wildman–Crippen LogP) is 2.97. The summed E-state index contributed by atoms with van der Waals surface area (Å²) >= 11 is 1.40. The molecule has 0 fully saturated rings. The minimum absolute atomic E-state index is 0.0843. The zero-order valence-corrected chi connectivity index (χ0v) is 13.3. The van der Waals surface area contributed by atoms with Crippen LogP contribution in [-0.2, 0) is 4.79 Å².